The van der Waals surface area contributed by atoms with E-state index < -0.39 is 10.0 Å². The molecule has 0 saturated heterocycles. The lowest BCUT2D eigenvalue weighted by molar-refractivity contribution is 0.278. The Balaban J connectivity index is 1.95. The van der Waals surface area contributed by atoms with Crippen LogP contribution in [-0.2, 0) is 15.4 Å². The average molecular weight is 339 g/mol. The molecule has 5 heteroatoms. The van der Waals surface area contributed by atoms with Crippen molar-refractivity contribution in [3.8, 4) is 0 Å². The van der Waals surface area contributed by atoms with Crippen LogP contribution in [0.3, 0.4) is 0 Å². The van der Waals surface area contributed by atoms with Crippen molar-refractivity contribution in [2.75, 3.05) is 40.0 Å². The van der Waals surface area contributed by atoms with E-state index in [1.54, 1.807) is 14.1 Å². The summed E-state index contributed by atoms with van der Waals surface area (Å²) < 4.78 is 25.0. The van der Waals surface area contributed by atoms with E-state index in [1.165, 1.54) is 16.3 Å². The van der Waals surface area contributed by atoms with Gasteiger partial charge in [-0.25, -0.2) is 12.7 Å². The Morgan fingerprint density at radius 3 is 2.13 bits per heavy atom. The van der Waals surface area contributed by atoms with Crippen molar-refractivity contribution in [2.45, 2.75) is 32.1 Å². The van der Waals surface area contributed by atoms with Crippen molar-refractivity contribution in [2.24, 2.45) is 5.41 Å². The Bertz CT molecular complexity index is 626. The third-order valence-corrected chi connectivity index (χ3v) is 7.20. The zero-order valence-corrected chi connectivity index (χ0v) is 15.9. The summed E-state index contributed by atoms with van der Waals surface area (Å²) >= 11 is 0. The molecule has 1 aromatic rings. The Labute approximate surface area is 141 Å². The first-order chi connectivity index (χ1) is 10.6. The van der Waals surface area contributed by atoms with Crippen LogP contribution in [0.1, 0.15) is 32.3 Å². The summed E-state index contributed by atoms with van der Waals surface area (Å²) in [5.41, 5.74) is 1.90. The minimum atomic E-state index is -3.09. The van der Waals surface area contributed by atoms with Gasteiger partial charge in [-0.1, -0.05) is 44.2 Å². The van der Waals surface area contributed by atoms with Gasteiger partial charge in [0.05, 0.1) is 5.75 Å². The number of rotatable bonds is 8. The largest absolute Gasteiger partial charge is 0.305 e. The minimum absolute atomic E-state index is 0.198. The SMILES string of the molecule is CN(CCCS(=O)(=O)N(C)C)CC1(c2ccccc2)CC1(C)C. The van der Waals surface area contributed by atoms with Gasteiger partial charge in [0, 0.05) is 26.1 Å². The maximum absolute atomic E-state index is 11.8. The molecular formula is C18H30N2O2S. The Kier molecular flexibility index (Phi) is 5.24. The summed E-state index contributed by atoms with van der Waals surface area (Å²) in [4.78, 5) is 2.28. The van der Waals surface area contributed by atoms with E-state index in [0.29, 0.717) is 11.8 Å². The monoisotopic (exact) mass is 338 g/mol. The maximum atomic E-state index is 11.8. The van der Waals surface area contributed by atoms with Gasteiger partial charge >= 0.3 is 0 Å². The second-order valence-corrected chi connectivity index (χ2v) is 10.0. The molecule has 0 spiro atoms. The van der Waals surface area contributed by atoms with Crippen LogP contribution < -0.4 is 0 Å². The van der Waals surface area contributed by atoms with Gasteiger partial charge in [0.15, 0.2) is 0 Å². The predicted molar refractivity (Wildman–Crippen MR) is 96.1 cm³/mol. The molecule has 0 N–H and O–H groups in total. The Hall–Kier alpha value is -0.910. The van der Waals surface area contributed by atoms with E-state index in [0.717, 1.165) is 13.1 Å². The molecule has 1 aliphatic rings. The molecular weight excluding hydrogens is 308 g/mol. The van der Waals surface area contributed by atoms with Crippen LogP contribution in [0.25, 0.3) is 0 Å². The molecule has 0 aromatic heterocycles. The summed E-state index contributed by atoms with van der Waals surface area (Å²) in [5, 5.41) is 0. The molecule has 1 saturated carbocycles. The average Bonchev–Trinajstić information content (AvgIpc) is 3.01. The minimum Gasteiger partial charge on any atom is -0.305 e. The van der Waals surface area contributed by atoms with Crippen LogP contribution in [-0.4, -0.2) is 57.6 Å². The summed E-state index contributed by atoms with van der Waals surface area (Å²) in [5.74, 6) is 0.214. The molecule has 23 heavy (non-hydrogen) atoms. The molecule has 130 valence electrons. The lowest BCUT2D eigenvalue weighted by atomic mass is 9.87. The molecule has 1 unspecified atom stereocenters. The predicted octanol–water partition coefficient (Wildman–Crippen LogP) is 2.57. The van der Waals surface area contributed by atoms with E-state index in [9.17, 15) is 8.42 Å². The van der Waals surface area contributed by atoms with E-state index in [1.807, 2.05) is 0 Å². The fourth-order valence-corrected chi connectivity index (χ4v) is 4.42. The highest BCUT2D eigenvalue weighted by Gasteiger charge is 2.61. The molecule has 4 nitrogen and oxygen atoms in total. The molecule has 0 aliphatic heterocycles. The maximum Gasteiger partial charge on any atom is 0.213 e. The van der Waals surface area contributed by atoms with Crippen molar-refractivity contribution < 1.29 is 8.42 Å². The molecule has 0 heterocycles. The molecule has 1 aromatic carbocycles. The number of benzene rings is 1. The van der Waals surface area contributed by atoms with E-state index in [-0.39, 0.29) is 11.2 Å². The van der Waals surface area contributed by atoms with Gasteiger partial charge in [-0.05, 0) is 37.4 Å². The lowest BCUT2D eigenvalue weighted by Gasteiger charge is -2.27. The summed E-state index contributed by atoms with van der Waals surface area (Å²) in [6.45, 7) is 6.43. The Morgan fingerprint density at radius 1 is 1.09 bits per heavy atom. The van der Waals surface area contributed by atoms with Crippen LogP contribution in [0.2, 0.25) is 0 Å². The molecule has 0 radical (unpaired) electrons. The fourth-order valence-electron chi connectivity index (χ4n) is 3.56. The smallest absolute Gasteiger partial charge is 0.213 e. The molecule has 0 bridgehead atoms. The molecule has 2 rings (SSSR count). The number of hydrogen-bond donors (Lipinski definition) is 0. The standard InChI is InChI=1S/C18H30N2O2S/c1-17(2)14-18(17,16-10-7-6-8-11-16)15-20(5)12-9-13-23(21,22)19(3)4/h6-8,10-11H,9,12-15H2,1-5H3. The first-order valence-electron chi connectivity index (χ1n) is 8.25. The quantitative estimate of drug-likeness (QED) is 0.731. The van der Waals surface area contributed by atoms with Crippen molar-refractivity contribution in [3.05, 3.63) is 35.9 Å². The first kappa shape index (κ1) is 18.4. The first-order valence-corrected chi connectivity index (χ1v) is 9.86. The number of hydrogen-bond acceptors (Lipinski definition) is 3. The third-order valence-electron chi connectivity index (χ3n) is 5.28. The topological polar surface area (TPSA) is 40.6 Å². The van der Waals surface area contributed by atoms with Crippen LogP contribution in [0.15, 0.2) is 30.3 Å². The fraction of sp³-hybridized carbons (Fsp3) is 0.667. The van der Waals surface area contributed by atoms with Gasteiger partial charge in [-0.2, -0.15) is 0 Å². The zero-order valence-electron chi connectivity index (χ0n) is 15.0. The lowest BCUT2D eigenvalue weighted by Crippen LogP contribution is -2.34. The van der Waals surface area contributed by atoms with E-state index >= 15 is 0 Å². The van der Waals surface area contributed by atoms with Crippen LogP contribution >= 0.6 is 0 Å². The summed E-state index contributed by atoms with van der Waals surface area (Å²) in [6.07, 6.45) is 1.85. The van der Waals surface area contributed by atoms with Gasteiger partial charge < -0.3 is 4.90 Å². The highest BCUT2D eigenvalue weighted by molar-refractivity contribution is 7.89. The Morgan fingerprint density at radius 2 is 1.65 bits per heavy atom. The molecule has 1 aliphatic carbocycles. The van der Waals surface area contributed by atoms with Crippen LogP contribution in [0.4, 0.5) is 0 Å². The highest BCUT2D eigenvalue weighted by Crippen LogP contribution is 2.64. The normalized spacial score (nSPS) is 23.4. The number of likely N-dealkylation sites (N-methyl/N-ethyl adjacent to an activating group) is 1. The van der Waals surface area contributed by atoms with Crippen molar-refractivity contribution in [1.82, 2.24) is 9.21 Å². The number of nitrogens with zero attached hydrogens (tertiary/aromatic N) is 2. The van der Waals surface area contributed by atoms with Gasteiger partial charge in [0.1, 0.15) is 0 Å². The van der Waals surface area contributed by atoms with E-state index in [4.69, 9.17) is 0 Å². The van der Waals surface area contributed by atoms with E-state index in [2.05, 4.69) is 56.1 Å². The zero-order chi connectivity index (χ0) is 17.3. The molecule has 1 atom stereocenters. The van der Waals surface area contributed by atoms with Gasteiger partial charge in [0.25, 0.3) is 0 Å². The van der Waals surface area contributed by atoms with Crippen LogP contribution in [0.5, 0.6) is 0 Å². The van der Waals surface area contributed by atoms with Gasteiger partial charge in [-0.15, -0.1) is 0 Å². The second kappa shape index (κ2) is 6.54. The summed E-state index contributed by atoms with van der Waals surface area (Å²) in [6, 6.07) is 10.7. The molecule has 0 amide bonds. The van der Waals surface area contributed by atoms with Crippen LogP contribution in [0, 0.1) is 5.41 Å². The number of sulfonamides is 1. The third kappa shape index (κ3) is 3.95. The van der Waals surface area contributed by atoms with Crippen molar-refractivity contribution in [1.29, 1.82) is 0 Å². The van der Waals surface area contributed by atoms with Gasteiger partial charge in [-0.3, -0.25) is 0 Å². The second-order valence-electron chi connectivity index (χ2n) is 7.70. The highest BCUT2D eigenvalue weighted by atomic mass is 32.2. The molecule has 1 fully saturated rings. The van der Waals surface area contributed by atoms with Gasteiger partial charge in [0.2, 0.25) is 10.0 Å². The van der Waals surface area contributed by atoms with Crippen molar-refractivity contribution >= 4 is 10.0 Å². The van der Waals surface area contributed by atoms with Crippen molar-refractivity contribution in [3.63, 3.8) is 0 Å². The summed E-state index contributed by atoms with van der Waals surface area (Å²) in [7, 11) is 2.20.